The van der Waals surface area contributed by atoms with E-state index in [0.29, 0.717) is 18.2 Å². The Hall–Kier alpha value is -1.36. The summed E-state index contributed by atoms with van der Waals surface area (Å²) in [6.45, 7) is 1.19. The second-order valence-corrected chi connectivity index (χ2v) is 6.48. The Balaban J connectivity index is 1.82. The third-order valence-corrected chi connectivity index (χ3v) is 4.81. The average molecular weight is 322 g/mol. The van der Waals surface area contributed by atoms with Crippen molar-refractivity contribution in [3.63, 3.8) is 0 Å². The van der Waals surface area contributed by atoms with Gasteiger partial charge in [0, 0.05) is 16.5 Å². The number of thiophene rings is 1. The molecule has 2 atom stereocenters. The number of rotatable bonds is 4. The first-order valence-electron chi connectivity index (χ1n) is 6.91. The van der Waals surface area contributed by atoms with Gasteiger partial charge in [0.1, 0.15) is 0 Å². The van der Waals surface area contributed by atoms with Crippen molar-refractivity contribution >= 4 is 28.8 Å². The van der Waals surface area contributed by atoms with E-state index >= 15 is 0 Å². The molecular formula is C16H16ClNO2S. The maximum Gasteiger partial charge on any atom is 0.226 e. The van der Waals surface area contributed by atoms with Crippen LogP contribution in [0.3, 0.4) is 0 Å². The number of halogens is 1. The summed E-state index contributed by atoms with van der Waals surface area (Å²) in [5.41, 5.74) is 1.04. The third-order valence-electron chi connectivity index (χ3n) is 3.62. The van der Waals surface area contributed by atoms with Gasteiger partial charge in [-0.1, -0.05) is 29.8 Å². The Morgan fingerprint density at radius 3 is 2.76 bits per heavy atom. The Morgan fingerprint density at radius 2 is 2.14 bits per heavy atom. The molecule has 1 aromatic carbocycles. The molecule has 21 heavy (non-hydrogen) atoms. The summed E-state index contributed by atoms with van der Waals surface area (Å²) >= 11 is 7.58. The van der Waals surface area contributed by atoms with Crippen molar-refractivity contribution in [3.05, 3.63) is 57.2 Å². The van der Waals surface area contributed by atoms with Crippen molar-refractivity contribution in [3.8, 4) is 0 Å². The zero-order valence-electron chi connectivity index (χ0n) is 11.4. The molecule has 2 heterocycles. The van der Waals surface area contributed by atoms with Gasteiger partial charge in [0.15, 0.2) is 0 Å². The van der Waals surface area contributed by atoms with Crippen LogP contribution in [0.4, 0.5) is 0 Å². The maximum absolute atomic E-state index is 12.4. The maximum atomic E-state index is 12.4. The zero-order chi connectivity index (χ0) is 14.7. The number of carbonyl (C=O) groups excluding carboxylic acids is 1. The van der Waals surface area contributed by atoms with Gasteiger partial charge in [-0.3, -0.25) is 4.79 Å². The van der Waals surface area contributed by atoms with Crippen LogP contribution in [0.15, 0.2) is 41.8 Å². The average Bonchev–Trinajstić information content (AvgIpc) is 3.19. The Labute approximate surface area is 132 Å². The highest BCUT2D eigenvalue weighted by molar-refractivity contribution is 7.10. The molecular weight excluding hydrogens is 306 g/mol. The summed E-state index contributed by atoms with van der Waals surface area (Å²) in [5.74, 6) is 0.0145. The van der Waals surface area contributed by atoms with Crippen LogP contribution in [-0.2, 0) is 9.53 Å². The fourth-order valence-electron chi connectivity index (χ4n) is 2.43. The molecule has 2 aromatic rings. The summed E-state index contributed by atoms with van der Waals surface area (Å²) in [7, 11) is 0. The number of benzene rings is 1. The van der Waals surface area contributed by atoms with Crippen molar-refractivity contribution in [2.24, 2.45) is 5.92 Å². The van der Waals surface area contributed by atoms with E-state index in [1.54, 1.807) is 11.3 Å². The minimum Gasteiger partial charge on any atom is -0.381 e. The summed E-state index contributed by atoms with van der Waals surface area (Å²) in [6, 6.07) is 11.5. The molecule has 0 spiro atoms. The molecule has 0 radical (unpaired) electrons. The second kappa shape index (κ2) is 6.60. The van der Waals surface area contributed by atoms with E-state index in [4.69, 9.17) is 16.3 Å². The molecule has 3 nitrogen and oxygen atoms in total. The summed E-state index contributed by atoms with van der Waals surface area (Å²) in [6.07, 6.45) is 0.795. The van der Waals surface area contributed by atoms with Gasteiger partial charge in [-0.25, -0.2) is 0 Å². The van der Waals surface area contributed by atoms with E-state index in [9.17, 15) is 4.79 Å². The molecule has 1 fully saturated rings. The van der Waals surface area contributed by atoms with Crippen LogP contribution in [0, 0.1) is 5.92 Å². The highest BCUT2D eigenvalue weighted by Crippen LogP contribution is 2.28. The van der Waals surface area contributed by atoms with Crippen LogP contribution in [-0.4, -0.2) is 19.1 Å². The van der Waals surface area contributed by atoms with E-state index in [1.807, 2.05) is 41.8 Å². The first kappa shape index (κ1) is 14.6. The summed E-state index contributed by atoms with van der Waals surface area (Å²) in [5, 5.41) is 5.86. The van der Waals surface area contributed by atoms with Crippen molar-refractivity contribution in [1.82, 2.24) is 5.32 Å². The molecule has 0 saturated carbocycles. The molecule has 1 aromatic heterocycles. The zero-order valence-corrected chi connectivity index (χ0v) is 13.0. The van der Waals surface area contributed by atoms with Crippen molar-refractivity contribution in [2.75, 3.05) is 13.2 Å². The molecule has 1 saturated heterocycles. The SMILES string of the molecule is O=C(N[C@@H](c1ccc(Cl)cc1)c1cccs1)[C@H]1CCOC1. The van der Waals surface area contributed by atoms with Crippen LogP contribution in [0.25, 0.3) is 0 Å². The van der Waals surface area contributed by atoms with Gasteiger partial charge in [-0.2, -0.15) is 0 Å². The minimum absolute atomic E-state index is 0.0419. The van der Waals surface area contributed by atoms with Crippen LogP contribution >= 0.6 is 22.9 Å². The predicted molar refractivity (Wildman–Crippen MR) is 84.7 cm³/mol. The lowest BCUT2D eigenvalue weighted by Crippen LogP contribution is -2.34. The molecule has 3 rings (SSSR count). The number of nitrogens with one attached hydrogen (secondary N) is 1. The van der Waals surface area contributed by atoms with Crippen LogP contribution in [0.2, 0.25) is 5.02 Å². The highest BCUT2D eigenvalue weighted by Gasteiger charge is 2.26. The minimum atomic E-state index is -0.129. The lowest BCUT2D eigenvalue weighted by atomic mass is 10.0. The topological polar surface area (TPSA) is 38.3 Å². The first-order valence-corrected chi connectivity index (χ1v) is 8.17. The number of hydrogen-bond acceptors (Lipinski definition) is 3. The fraction of sp³-hybridized carbons (Fsp3) is 0.312. The molecule has 1 N–H and O–H groups in total. The van der Waals surface area contributed by atoms with Crippen molar-refractivity contribution in [2.45, 2.75) is 12.5 Å². The van der Waals surface area contributed by atoms with Crippen LogP contribution in [0.1, 0.15) is 22.9 Å². The molecule has 0 unspecified atom stereocenters. The summed E-state index contributed by atoms with van der Waals surface area (Å²) < 4.78 is 5.30. The van der Waals surface area contributed by atoms with E-state index in [2.05, 4.69) is 5.32 Å². The van der Waals surface area contributed by atoms with Gasteiger partial charge in [0.25, 0.3) is 0 Å². The Bertz CT molecular complexity index is 591. The van der Waals surface area contributed by atoms with E-state index < -0.39 is 0 Å². The van der Waals surface area contributed by atoms with Gasteiger partial charge in [0.2, 0.25) is 5.91 Å². The lowest BCUT2D eigenvalue weighted by molar-refractivity contribution is -0.125. The summed E-state index contributed by atoms with van der Waals surface area (Å²) in [4.78, 5) is 13.5. The molecule has 110 valence electrons. The van der Waals surface area contributed by atoms with Crippen molar-refractivity contribution in [1.29, 1.82) is 0 Å². The van der Waals surface area contributed by atoms with Gasteiger partial charge >= 0.3 is 0 Å². The molecule has 0 aliphatic carbocycles. The van der Waals surface area contributed by atoms with Crippen molar-refractivity contribution < 1.29 is 9.53 Å². The number of amides is 1. The Morgan fingerprint density at radius 1 is 1.33 bits per heavy atom. The quantitative estimate of drug-likeness (QED) is 0.933. The standard InChI is InChI=1S/C16H16ClNO2S/c17-13-5-3-11(4-6-13)15(14-2-1-9-21-14)18-16(19)12-7-8-20-10-12/h1-6,9,12,15H,7-8,10H2,(H,18,19)/t12-,15-/m0/s1. The third kappa shape index (κ3) is 3.46. The molecule has 0 bridgehead atoms. The number of hydrogen-bond donors (Lipinski definition) is 1. The van der Waals surface area contributed by atoms with Crippen LogP contribution in [0.5, 0.6) is 0 Å². The number of carbonyl (C=O) groups is 1. The van der Waals surface area contributed by atoms with Gasteiger partial charge in [-0.05, 0) is 35.6 Å². The predicted octanol–water partition coefficient (Wildman–Crippen LogP) is 3.64. The molecule has 1 aliphatic rings. The number of ether oxygens (including phenoxy) is 1. The molecule has 1 amide bonds. The van der Waals surface area contributed by atoms with Gasteiger partial charge < -0.3 is 10.1 Å². The normalized spacial score (nSPS) is 19.4. The second-order valence-electron chi connectivity index (χ2n) is 5.07. The van der Waals surface area contributed by atoms with Gasteiger partial charge in [-0.15, -0.1) is 11.3 Å². The smallest absolute Gasteiger partial charge is 0.226 e. The largest absolute Gasteiger partial charge is 0.381 e. The first-order chi connectivity index (χ1) is 10.2. The monoisotopic (exact) mass is 321 g/mol. The van der Waals surface area contributed by atoms with E-state index in [-0.39, 0.29) is 17.9 Å². The lowest BCUT2D eigenvalue weighted by Gasteiger charge is -2.20. The molecule has 5 heteroatoms. The van der Waals surface area contributed by atoms with Crippen LogP contribution < -0.4 is 5.32 Å². The Kier molecular flexibility index (Phi) is 4.58. The highest BCUT2D eigenvalue weighted by atomic mass is 35.5. The van der Waals surface area contributed by atoms with E-state index in [0.717, 1.165) is 16.9 Å². The van der Waals surface area contributed by atoms with Gasteiger partial charge in [0.05, 0.1) is 18.6 Å². The fourth-order valence-corrected chi connectivity index (χ4v) is 3.36. The van der Waals surface area contributed by atoms with E-state index in [1.165, 1.54) is 0 Å². The molecule has 1 aliphatic heterocycles.